The van der Waals surface area contributed by atoms with Gasteiger partial charge in [-0.15, -0.1) is 0 Å². The van der Waals surface area contributed by atoms with Gasteiger partial charge in [0.2, 0.25) is 0 Å². The van der Waals surface area contributed by atoms with Crippen LogP contribution in [0.25, 0.3) is 0 Å². The van der Waals surface area contributed by atoms with Gasteiger partial charge in [0.05, 0.1) is 6.10 Å². The van der Waals surface area contributed by atoms with Crippen LogP contribution in [-0.4, -0.2) is 17.2 Å². The fourth-order valence-corrected chi connectivity index (χ4v) is 2.01. The van der Waals surface area contributed by atoms with Gasteiger partial charge in [0, 0.05) is 0 Å². The van der Waals surface area contributed by atoms with Crippen molar-refractivity contribution in [3.8, 4) is 0 Å². The van der Waals surface area contributed by atoms with Gasteiger partial charge in [-0.25, -0.2) is 4.79 Å². The van der Waals surface area contributed by atoms with Crippen LogP contribution in [-0.2, 0) is 15.1 Å². The molecule has 2 rings (SSSR count). The number of carboxylic acids is 1. The summed E-state index contributed by atoms with van der Waals surface area (Å²) < 4.78 is 5.78. The van der Waals surface area contributed by atoms with Gasteiger partial charge in [-0.05, 0) is 38.7 Å². The molecule has 1 unspecified atom stereocenters. The molecule has 1 saturated carbocycles. The molecule has 3 heteroatoms. The van der Waals surface area contributed by atoms with Crippen LogP contribution in [0.1, 0.15) is 37.3 Å². The second kappa shape index (κ2) is 4.49. The average molecular weight is 234 g/mol. The number of carboxylic acid groups (broad SMARTS) is 1. The molecule has 1 aliphatic carbocycles. The van der Waals surface area contributed by atoms with Crippen molar-refractivity contribution >= 4 is 5.97 Å². The van der Waals surface area contributed by atoms with Gasteiger partial charge in [-0.2, -0.15) is 0 Å². The number of rotatable bonds is 4. The van der Waals surface area contributed by atoms with E-state index < -0.39 is 11.6 Å². The van der Waals surface area contributed by atoms with Crippen LogP contribution in [0.15, 0.2) is 24.3 Å². The zero-order valence-corrected chi connectivity index (χ0v) is 10.3. The molecule has 1 aromatic carbocycles. The lowest BCUT2D eigenvalue weighted by molar-refractivity contribution is -0.179. The summed E-state index contributed by atoms with van der Waals surface area (Å²) in [6.07, 6.45) is 3.16. The Kier molecular flexibility index (Phi) is 3.20. The minimum atomic E-state index is -1.23. The van der Waals surface area contributed by atoms with Crippen molar-refractivity contribution in [2.45, 2.75) is 44.8 Å². The minimum Gasteiger partial charge on any atom is -0.479 e. The predicted molar refractivity (Wildman–Crippen MR) is 64.9 cm³/mol. The van der Waals surface area contributed by atoms with Crippen LogP contribution in [0.4, 0.5) is 0 Å². The van der Waals surface area contributed by atoms with Gasteiger partial charge in [0.15, 0.2) is 5.60 Å². The Labute approximate surface area is 101 Å². The summed E-state index contributed by atoms with van der Waals surface area (Å²) in [7, 11) is 0. The van der Waals surface area contributed by atoms with Crippen LogP contribution in [0.2, 0.25) is 0 Å². The van der Waals surface area contributed by atoms with E-state index in [1.807, 2.05) is 31.2 Å². The van der Waals surface area contributed by atoms with E-state index in [-0.39, 0.29) is 6.10 Å². The quantitative estimate of drug-likeness (QED) is 0.871. The fourth-order valence-electron chi connectivity index (χ4n) is 2.01. The van der Waals surface area contributed by atoms with Gasteiger partial charge < -0.3 is 9.84 Å². The summed E-state index contributed by atoms with van der Waals surface area (Å²) in [6, 6.07) is 7.53. The highest BCUT2D eigenvalue weighted by atomic mass is 16.5. The first-order valence-corrected chi connectivity index (χ1v) is 6.01. The van der Waals surface area contributed by atoms with Gasteiger partial charge in [-0.1, -0.05) is 29.8 Å². The standard InChI is InChI=1S/C14H18O3/c1-10-5-3-6-11(9-10)14(2,13(15)16)17-12-7-4-8-12/h3,5-6,9,12H,4,7-8H2,1-2H3,(H,15,16). The third-order valence-corrected chi connectivity index (χ3v) is 3.43. The van der Waals surface area contributed by atoms with Crippen molar-refractivity contribution in [2.75, 3.05) is 0 Å². The number of hydrogen-bond donors (Lipinski definition) is 1. The molecule has 0 aliphatic heterocycles. The highest BCUT2D eigenvalue weighted by Gasteiger charge is 2.40. The third-order valence-electron chi connectivity index (χ3n) is 3.43. The lowest BCUT2D eigenvalue weighted by Crippen LogP contribution is -2.41. The molecular formula is C14H18O3. The first-order valence-electron chi connectivity index (χ1n) is 6.01. The summed E-state index contributed by atoms with van der Waals surface area (Å²) in [5.41, 5.74) is 0.543. The summed E-state index contributed by atoms with van der Waals surface area (Å²) in [6.45, 7) is 3.59. The Balaban J connectivity index is 2.29. The molecule has 1 N–H and O–H groups in total. The maximum absolute atomic E-state index is 11.5. The first-order chi connectivity index (χ1) is 8.02. The number of hydrogen-bond acceptors (Lipinski definition) is 2. The van der Waals surface area contributed by atoms with Crippen molar-refractivity contribution in [1.29, 1.82) is 0 Å². The van der Waals surface area contributed by atoms with E-state index in [2.05, 4.69) is 0 Å². The average Bonchev–Trinajstić information content (AvgIpc) is 2.23. The first kappa shape index (κ1) is 12.1. The van der Waals surface area contributed by atoms with Gasteiger partial charge in [0.1, 0.15) is 0 Å². The smallest absolute Gasteiger partial charge is 0.340 e. The van der Waals surface area contributed by atoms with Crippen LogP contribution in [0.5, 0.6) is 0 Å². The summed E-state index contributed by atoms with van der Waals surface area (Å²) in [5, 5.41) is 9.42. The van der Waals surface area contributed by atoms with Gasteiger partial charge in [-0.3, -0.25) is 0 Å². The Hall–Kier alpha value is -1.35. The predicted octanol–water partition coefficient (Wildman–Crippen LogP) is 2.86. The lowest BCUT2D eigenvalue weighted by Gasteiger charge is -2.35. The van der Waals surface area contributed by atoms with Crippen LogP contribution < -0.4 is 0 Å². The molecule has 0 heterocycles. The lowest BCUT2D eigenvalue weighted by atomic mass is 9.91. The zero-order chi connectivity index (χ0) is 12.5. The van der Waals surface area contributed by atoms with Crippen molar-refractivity contribution in [3.05, 3.63) is 35.4 Å². The van der Waals surface area contributed by atoms with Crippen LogP contribution in [0, 0.1) is 6.92 Å². The Morgan fingerprint density at radius 2 is 2.18 bits per heavy atom. The molecule has 0 amide bonds. The molecule has 92 valence electrons. The van der Waals surface area contributed by atoms with Crippen LogP contribution >= 0.6 is 0 Å². The van der Waals surface area contributed by atoms with Crippen molar-refractivity contribution in [1.82, 2.24) is 0 Å². The van der Waals surface area contributed by atoms with E-state index >= 15 is 0 Å². The fraction of sp³-hybridized carbons (Fsp3) is 0.500. The second-order valence-corrected chi connectivity index (χ2v) is 4.88. The topological polar surface area (TPSA) is 46.5 Å². The van der Waals surface area contributed by atoms with E-state index in [1.165, 1.54) is 0 Å². The number of ether oxygens (including phenoxy) is 1. The zero-order valence-electron chi connectivity index (χ0n) is 10.3. The second-order valence-electron chi connectivity index (χ2n) is 4.88. The highest BCUT2D eigenvalue weighted by Crippen LogP contribution is 2.33. The van der Waals surface area contributed by atoms with Crippen molar-refractivity contribution < 1.29 is 14.6 Å². The van der Waals surface area contributed by atoms with Crippen molar-refractivity contribution in [2.24, 2.45) is 0 Å². The molecule has 0 aromatic heterocycles. The molecule has 1 aliphatic rings. The number of aliphatic carboxylic acids is 1. The van der Waals surface area contributed by atoms with Crippen molar-refractivity contribution in [3.63, 3.8) is 0 Å². The number of aryl methyl sites for hydroxylation is 1. The molecule has 0 saturated heterocycles. The largest absolute Gasteiger partial charge is 0.479 e. The van der Waals surface area contributed by atoms with E-state index in [0.29, 0.717) is 0 Å². The molecular weight excluding hydrogens is 216 g/mol. The molecule has 0 bridgehead atoms. The molecule has 0 radical (unpaired) electrons. The van der Waals surface area contributed by atoms with E-state index in [0.717, 1.165) is 30.4 Å². The Morgan fingerprint density at radius 1 is 1.47 bits per heavy atom. The highest BCUT2D eigenvalue weighted by molar-refractivity contribution is 5.79. The van der Waals surface area contributed by atoms with Gasteiger partial charge in [0.25, 0.3) is 0 Å². The summed E-state index contributed by atoms with van der Waals surface area (Å²) >= 11 is 0. The molecule has 1 fully saturated rings. The maximum Gasteiger partial charge on any atom is 0.340 e. The molecule has 1 aromatic rings. The minimum absolute atomic E-state index is 0.0941. The maximum atomic E-state index is 11.5. The van der Waals surface area contributed by atoms with E-state index in [9.17, 15) is 9.90 Å². The summed E-state index contributed by atoms with van der Waals surface area (Å²) in [4.78, 5) is 11.5. The number of carbonyl (C=O) groups is 1. The Bertz CT molecular complexity index is 423. The monoisotopic (exact) mass is 234 g/mol. The molecule has 3 nitrogen and oxygen atoms in total. The van der Waals surface area contributed by atoms with Crippen LogP contribution in [0.3, 0.4) is 0 Å². The van der Waals surface area contributed by atoms with E-state index in [1.54, 1.807) is 6.92 Å². The SMILES string of the molecule is Cc1cccc(C(C)(OC2CCC2)C(=O)O)c1. The summed E-state index contributed by atoms with van der Waals surface area (Å²) in [5.74, 6) is -0.921. The molecule has 1 atom stereocenters. The van der Waals surface area contributed by atoms with E-state index in [4.69, 9.17) is 4.74 Å². The Morgan fingerprint density at radius 3 is 2.65 bits per heavy atom. The molecule has 17 heavy (non-hydrogen) atoms. The number of benzene rings is 1. The third kappa shape index (κ3) is 2.34. The van der Waals surface area contributed by atoms with Gasteiger partial charge >= 0.3 is 5.97 Å². The molecule has 0 spiro atoms. The normalized spacial score (nSPS) is 19.4.